The number of aryl methyl sites for hydroxylation is 2. The van der Waals surface area contributed by atoms with E-state index < -0.39 is 12.3 Å². The lowest BCUT2D eigenvalue weighted by Crippen LogP contribution is -2.27. The van der Waals surface area contributed by atoms with Crippen molar-refractivity contribution >= 4 is 5.97 Å². The fourth-order valence-corrected chi connectivity index (χ4v) is 4.88. The molecule has 3 rings (SSSR count). The average Bonchev–Trinajstić information content (AvgIpc) is 2.95. The van der Waals surface area contributed by atoms with Crippen LogP contribution in [0.4, 0.5) is 13.2 Å². The van der Waals surface area contributed by atoms with Gasteiger partial charge < -0.3 is 9.84 Å². The smallest absolute Gasteiger partial charge is 0.425 e. The van der Waals surface area contributed by atoms with Crippen molar-refractivity contribution in [2.24, 2.45) is 0 Å². The zero-order valence-electron chi connectivity index (χ0n) is 24.9. The maximum absolute atomic E-state index is 12.6. The van der Waals surface area contributed by atoms with Crippen LogP contribution in [0, 0.1) is 25.7 Å². The molecule has 0 spiro atoms. The number of aliphatic hydroxyl groups excluding tert-OH is 1. The van der Waals surface area contributed by atoms with E-state index in [0.717, 1.165) is 51.9 Å². The number of pyridine rings is 1. The molecule has 1 heterocycles. The van der Waals surface area contributed by atoms with E-state index >= 15 is 0 Å². The summed E-state index contributed by atoms with van der Waals surface area (Å²) in [6.45, 7) is 14.2. The lowest BCUT2D eigenvalue weighted by atomic mass is 9.69. The standard InChI is InChI=1S/C32H34F3NO3.C2H6/c1-6-31(7-2,25-12-10-24(21(4)17-25)11-16-29(37)32(33,34)35)26-13-14-27(22(5)18-26)28-15-9-23(20-36-28)19-30(38)39-8-3;1-2/h9-10,12-15,17-18,20,29,37H,6-8,19H2,1-5H3;1-2H3. The summed E-state index contributed by atoms with van der Waals surface area (Å²) in [5.74, 6) is 4.09. The van der Waals surface area contributed by atoms with E-state index in [-0.39, 0.29) is 17.8 Å². The highest BCUT2D eigenvalue weighted by Gasteiger charge is 2.37. The molecule has 0 radical (unpaired) electrons. The monoisotopic (exact) mass is 567 g/mol. The second-order valence-electron chi connectivity index (χ2n) is 9.60. The van der Waals surface area contributed by atoms with Crippen LogP contribution >= 0.6 is 0 Å². The number of carbonyl (C=O) groups excluding carboxylic acids is 1. The summed E-state index contributed by atoms with van der Waals surface area (Å²) in [5.41, 5.74) is 6.75. The van der Waals surface area contributed by atoms with Gasteiger partial charge in [-0.05, 0) is 73.6 Å². The Morgan fingerprint density at radius 3 is 2.05 bits per heavy atom. The first-order chi connectivity index (χ1) is 19.4. The largest absolute Gasteiger partial charge is 0.466 e. The molecule has 0 amide bonds. The van der Waals surface area contributed by atoms with Gasteiger partial charge in [-0.3, -0.25) is 9.78 Å². The first-order valence-corrected chi connectivity index (χ1v) is 14.0. The Morgan fingerprint density at radius 2 is 1.56 bits per heavy atom. The number of ether oxygens (including phenoxy) is 1. The molecule has 1 N–H and O–H groups in total. The molecule has 3 aromatic rings. The summed E-state index contributed by atoms with van der Waals surface area (Å²) in [6, 6.07) is 15.7. The van der Waals surface area contributed by atoms with Gasteiger partial charge in [-0.2, -0.15) is 13.2 Å². The normalized spacial score (nSPS) is 12.0. The van der Waals surface area contributed by atoms with E-state index in [4.69, 9.17) is 4.74 Å². The summed E-state index contributed by atoms with van der Waals surface area (Å²) >= 11 is 0. The number of nitrogens with zero attached hydrogens (tertiary/aromatic N) is 1. The third-order valence-electron chi connectivity index (χ3n) is 7.17. The van der Waals surface area contributed by atoms with E-state index in [1.165, 1.54) is 0 Å². The first-order valence-electron chi connectivity index (χ1n) is 14.0. The Bertz CT molecular complexity index is 1360. The Hall–Kier alpha value is -3.63. The molecule has 0 aliphatic rings. The number of carbonyl (C=O) groups is 1. The molecule has 0 aliphatic carbocycles. The molecule has 41 heavy (non-hydrogen) atoms. The Balaban J connectivity index is 0.00000287. The molecule has 0 bridgehead atoms. The van der Waals surface area contributed by atoms with Crippen LogP contribution in [-0.2, 0) is 21.4 Å². The lowest BCUT2D eigenvalue weighted by molar-refractivity contribution is -0.184. The van der Waals surface area contributed by atoms with Crippen LogP contribution in [0.1, 0.15) is 80.8 Å². The molecule has 0 saturated heterocycles. The minimum absolute atomic E-state index is 0.182. The van der Waals surface area contributed by atoms with Crippen molar-refractivity contribution in [3.63, 3.8) is 0 Å². The van der Waals surface area contributed by atoms with Crippen molar-refractivity contribution in [1.82, 2.24) is 4.98 Å². The second-order valence-corrected chi connectivity index (χ2v) is 9.60. The van der Waals surface area contributed by atoms with Gasteiger partial charge in [0.1, 0.15) is 0 Å². The van der Waals surface area contributed by atoms with Gasteiger partial charge in [-0.1, -0.05) is 75.9 Å². The maximum atomic E-state index is 12.6. The SMILES string of the molecule is CC.CCOC(=O)Cc1ccc(-c2ccc(C(CC)(CC)c3ccc(C#CC(O)C(F)(F)F)c(C)c3)cc2C)nc1. The molecule has 0 saturated carbocycles. The number of aromatic nitrogens is 1. The molecule has 220 valence electrons. The highest BCUT2D eigenvalue weighted by atomic mass is 19.4. The second kappa shape index (κ2) is 14.8. The zero-order valence-corrected chi connectivity index (χ0v) is 24.9. The minimum Gasteiger partial charge on any atom is -0.466 e. The van der Waals surface area contributed by atoms with Gasteiger partial charge in [0.25, 0.3) is 0 Å². The van der Waals surface area contributed by atoms with Crippen molar-refractivity contribution < 1.29 is 27.8 Å². The van der Waals surface area contributed by atoms with Gasteiger partial charge in [-0.15, -0.1) is 0 Å². The Labute approximate surface area is 242 Å². The van der Waals surface area contributed by atoms with E-state index in [1.807, 2.05) is 57.9 Å². The third kappa shape index (κ3) is 8.20. The zero-order chi connectivity index (χ0) is 30.8. The molecule has 1 aromatic heterocycles. The van der Waals surface area contributed by atoms with Crippen molar-refractivity contribution in [2.75, 3.05) is 6.61 Å². The summed E-state index contributed by atoms with van der Waals surface area (Å²) in [7, 11) is 0. The van der Waals surface area contributed by atoms with Gasteiger partial charge in [0, 0.05) is 22.7 Å². The number of hydrogen-bond donors (Lipinski definition) is 1. The summed E-state index contributed by atoms with van der Waals surface area (Å²) < 4.78 is 42.9. The molecular formula is C34H40F3NO3. The van der Waals surface area contributed by atoms with Gasteiger partial charge in [0.05, 0.1) is 18.7 Å². The molecule has 0 fully saturated rings. The highest BCUT2D eigenvalue weighted by Crippen LogP contribution is 2.41. The van der Waals surface area contributed by atoms with Gasteiger partial charge in [0.15, 0.2) is 0 Å². The van der Waals surface area contributed by atoms with Crippen LogP contribution in [0.3, 0.4) is 0 Å². The topological polar surface area (TPSA) is 59.4 Å². The Morgan fingerprint density at radius 1 is 0.951 bits per heavy atom. The van der Waals surface area contributed by atoms with Gasteiger partial charge in [-0.25, -0.2) is 0 Å². The van der Waals surface area contributed by atoms with E-state index in [0.29, 0.717) is 12.2 Å². The van der Waals surface area contributed by atoms with Crippen LogP contribution in [0.15, 0.2) is 54.7 Å². The van der Waals surface area contributed by atoms with Crippen LogP contribution in [-0.4, -0.2) is 34.9 Å². The number of aliphatic hydroxyl groups is 1. The van der Waals surface area contributed by atoms with Crippen LogP contribution in [0.5, 0.6) is 0 Å². The van der Waals surface area contributed by atoms with E-state index in [1.54, 1.807) is 19.2 Å². The van der Waals surface area contributed by atoms with Gasteiger partial charge >= 0.3 is 12.1 Å². The van der Waals surface area contributed by atoms with Gasteiger partial charge in [0.2, 0.25) is 6.10 Å². The summed E-state index contributed by atoms with van der Waals surface area (Å²) in [4.78, 5) is 16.3. The Kier molecular flexibility index (Phi) is 12.2. The fraction of sp³-hybridized carbons (Fsp3) is 0.412. The predicted molar refractivity (Wildman–Crippen MR) is 158 cm³/mol. The number of alkyl halides is 3. The molecule has 2 aromatic carbocycles. The number of hydrogen-bond acceptors (Lipinski definition) is 4. The molecular weight excluding hydrogens is 527 g/mol. The van der Waals surface area contributed by atoms with Crippen LogP contribution in [0.25, 0.3) is 11.3 Å². The average molecular weight is 568 g/mol. The summed E-state index contributed by atoms with van der Waals surface area (Å²) in [6.07, 6.45) is -3.93. The number of esters is 1. The molecule has 0 aliphatic heterocycles. The summed E-state index contributed by atoms with van der Waals surface area (Å²) in [5, 5.41) is 9.22. The maximum Gasteiger partial charge on any atom is 0.425 e. The quantitative estimate of drug-likeness (QED) is 0.222. The molecule has 1 unspecified atom stereocenters. The van der Waals surface area contributed by atoms with Crippen molar-refractivity contribution in [3.05, 3.63) is 88.1 Å². The van der Waals surface area contributed by atoms with Crippen molar-refractivity contribution in [1.29, 1.82) is 0 Å². The number of halogens is 3. The third-order valence-corrected chi connectivity index (χ3v) is 7.17. The predicted octanol–water partition coefficient (Wildman–Crippen LogP) is 7.88. The minimum atomic E-state index is -4.77. The molecule has 4 nitrogen and oxygen atoms in total. The van der Waals surface area contributed by atoms with E-state index in [2.05, 4.69) is 43.0 Å². The number of benzene rings is 2. The van der Waals surface area contributed by atoms with Crippen LogP contribution < -0.4 is 0 Å². The highest BCUT2D eigenvalue weighted by molar-refractivity contribution is 5.73. The fourth-order valence-electron chi connectivity index (χ4n) is 4.88. The van der Waals surface area contributed by atoms with Crippen LogP contribution in [0.2, 0.25) is 0 Å². The molecule has 1 atom stereocenters. The molecule has 7 heteroatoms. The lowest BCUT2D eigenvalue weighted by Gasteiger charge is -2.34. The van der Waals surface area contributed by atoms with Crippen molar-refractivity contribution in [2.45, 2.75) is 85.4 Å². The first kappa shape index (κ1) is 33.6. The van der Waals surface area contributed by atoms with Crippen molar-refractivity contribution in [3.8, 4) is 23.1 Å². The number of rotatable bonds is 8. The van der Waals surface area contributed by atoms with E-state index in [9.17, 15) is 23.1 Å².